The lowest BCUT2D eigenvalue weighted by atomic mass is 9.96. The van der Waals surface area contributed by atoms with Crippen LogP contribution in [0.15, 0.2) is 30.3 Å². The Bertz CT molecular complexity index is 309. The fourth-order valence-corrected chi connectivity index (χ4v) is 2.30. The molecule has 0 aliphatic rings. The average molecular weight is 224 g/mol. The molecule has 0 saturated heterocycles. The van der Waals surface area contributed by atoms with Crippen molar-refractivity contribution in [3.8, 4) is 0 Å². The summed E-state index contributed by atoms with van der Waals surface area (Å²) < 4.78 is 0. The van der Waals surface area contributed by atoms with Crippen LogP contribution in [-0.4, -0.2) is 22.1 Å². The molecule has 2 unspecified atom stereocenters. The Kier molecular flexibility index (Phi) is 4.85. The molecule has 3 heteroatoms. The normalized spacial score (nSPS) is 14.6. The zero-order valence-electron chi connectivity index (χ0n) is 9.01. The molecule has 1 rings (SSSR count). The highest BCUT2D eigenvalue weighted by Crippen LogP contribution is 2.25. The van der Waals surface area contributed by atoms with Crippen LogP contribution in [0.5, 0.6) is 0 Å². The molecular weight excluding hydrogens is 208 g/mol. The summed E-state index contributed by atoms with van der Waals surface area (Å²) in [7, 11) is 0. The molecule has 1 aromatic carbocycles. The van der Waals surface area contributed by atoms with Crippen molar-refractivity contribution < 1.29 is 9.90 Å². The summed E-state index contributed by atoms with van der Waals surface area (Å²) >= 11 is 1.26. The standard InChI is InChI=1S/C12H16O2S/c1-3-15-12(14)11(9(2)13)10-7-5-4-6-8-10/h4-9,11,13H,3H2,1-2H3. The highest BCUT2D eigenvalue weighted by atomic mass is 32.2. The Balaban J connectivity index is 2.88. The highest BCUT2D eigenvalue weighted by molar-refractivity contribution is 8.13. The SMILES string of the molecule is CCSC(=O)C(c1ccccc1)C(C)O. The first kappa shape index (κ1) is 12.3. The molecule has 82 valence electrons. The molecule has 2 atom stereocenters. The van der Waals surface area contributed by atoms with E-state index in [1.165, 1.54) is 11.8 Å². The fourth-order valence-electron chi connectivity index (χ4n) is 1.50. The number of aliphatic hydroxyl groups excluding tert-OH is 1. The highest BCUT2D eigenvalue weighted by Gasteiger charge is 2.24. The molecule has 0 bridgehead atoms. The van der Waals surface area contributed by atoms with Crippen LogP contribution in [0, 0.1) is 0 Å². The maximum atomic E-state index is 11.8. The second-order valence-electron chi connectivity index (χ2n) is 3.38. The van der Waals surface area contributed by atoms with Gasteiger partial charge in [0.05, 0.1) is 12.0 Å². The molecule has 0 fully saturated rings. The summed E-state index contributed by atoms with van der Waals surface area (Å²) in [5.41, 5.74) is 0.887. The molecule has 0 radical (unpaired) electrons. The summed E-state index contributed by atoms with van der Waals surface area (Å²) in [5.74, 6) is 0.339. The predicted molar refractivity (Wildman–Crippen MR) is 64.0 cm³/mol. The maximum Gasteiger partial charge on any atom is 0.198 e. The van der Waals surface area contributed by atoms with Crippen molar-refractivity contribution in [3.05, 3.63) is 35.9 Å². The fraction of sp³-hybridized carbons (Fsp3) is 0.417. The second-order valence-corrected chi connectivity index (χ2v) is 4.65. The number of rotatable bonds is 4. The molecule has 1 N–H and O–H groups in total. The molecule has 2 nitrogen and oxygen atoms in total. The van der Waals surface area contributed by atoms with E-state index in [0.29, 0.717) is 0 Å². The van der Waals surface area contributed by atoms with Crippen LogP contribution in [-0.2, 0) is 4.79 Å². The van der Waals surface area contributed by atoms with Crippen molar-refractivity contribution in [1.82, 2.24) is 0 Å². The lowest BCUT2D eigenvalue weighted by Crippen LogP contribution is -2.21. The maximum absolute atomic E-state index is 11.8. The van der Waals surface area contributed by atoms with Crippen molar-refractivity contribution in [2.24, 2.45) is 0 Å². The minimum atomic E-state index is -0.640. The largest absolute Gasteiger partial charge is 0.392 e. The Hall–Kier alpha value is -0.800. The topological polar surface area (TPSA) is 37.3 Å². The summed E-state index contributed by atoms with van der Waals surface area (Å²) in [6.07, 6.45) is -0.640. The lowest BCUT2D eigenvalue weighted by molar-refractivity contribution is -0.114. The van der Waals surface area contributed by atoms with Crippen LogP contribution >= 0.6 is 11.8 Å². The Morgan fingerprint density at radius 2 is 2.00 bits per heavy atom. The third-order valence-electron chi connectivity index (χ3n) is 2.18. The molecule has 0 saturated carbocycles. The van der Waals surface area contributed by atoms with Crippen molar-refractivity contribution >= 4 is 16.9 Å². The number of hydrogen-bond donors (Lipinski definition) is 1. The molecule has 0 aromatic heterocycles. The van der Waals surface area contributed by atoms with Gasteiger partial charge in [-0.15, -0.1) is 0 Å². The molecule has 0 amide bonds. The summed E-state index contributed by atoms with van der Waals surface area (Å²) in [6.45, 7) is 3.60. The number of hydrogen-bond acceptors (Lipinski definition) is 3. The van der Waals surface area contributed by atoms with Gasteiger partial charge in [-0.1, -0.05) is 49.0 Å². The van der Waals surface area contributed by atoms with Gasteiger partial charge in [0.25, 0.3) is 0 Å². The first-order valence-corrected chi connectivity index (χ1v) is 6.05. The average Bonchev–Trinajstić information content (AvgIpc) is 2.19. The van der Waals surface area contributed by atoms with Crippen LogP contribution < -0.4 is 0 Å². The quantitative estimate of drug-likeness (QED) is 0.853. The first-order chi connectivity index (χ1) is 7.16. The van der Waals surface area contributed by atoms with E-state index in [1.807, 2.05) is 37.3 Å². The predicted octanol–water partition coefficient (Wildman–Crippen LogP) is 2.43. The van der Waals surface area contributed by atoms with Crippen LogP contribution in [0.1, 0.15) is 25.3 Å². The van der Waals surface area contributed by atoms with Gasteiger partial charge < -0.3 is 5.11 Å². The van der Waals surface area contributed by atoms with Gasteiger partial charge >= 0.3 is 0 Å². The Morgan fingerprint density at radius 1 is 1.40 bits per heavy atom. The number of carbonyl (C=O) groups is 1. The van der Waals surface area contributed by atoms with E-state index in [-0.39, 0.29) is 5.12 Å². The summed E-state index contributed by atoms with van der Waals surface area (Å²) in [4.78, 5) is 11.8. The Morgan fingerprint density at radius 3 is 2.47 bits per heavy atom. The first-order valence-electron chi connectivity index (χ1n) is 5.06. The van der Waals surface area contributed by atoms with E-state index in [9.17, 15) is 9.90 Å². The summed E-state index contributed by atoms with van der Waals surface area (Å²) in [6, 6.07) is 9.43. The minimum Gasteiger partial charge on any atom is -0.392 e. The van der Waals surface area contributed by atoms with Gasteiger partial charge in [0.2, 0.25) is 0 Å². The summed E-state index contributed by atoms with van der Waals surface area (Å²) in [5, 5.41) is 9.67. The zero-order valence-corrected chi connectivity index (χ0v) is 9.83. The molecule has 15 heavy (non-hydrogen) atoms. The van der Waals surface area contributed by atoms with Crippen LogP contribution in [0.3, 0.4) is 0 Å². The van der Waals surface area contributed by atoms with E-state index in [1.54, 1.807) is 6.92 Å². The molecule has 0 aliphatic heterocycles. The molecule has 0 spiro atoms. The van der Waals surface area contributed by atoms with E-state index < -0.39 is 12.0 Å². The zero-order chi connectivity index (χ0) is 11.3. The van der Waals surface area contributed by atoms with Gasteiger partial charge in [-0.2, -0.15) is 0 Å². The monoisotopic (exact) mass is 224 g/mol. The van der Waals surface area contributed by atoms with Gasteiger partial charge in [0, 0.05) is 0 Å². The van der Waals surface area contributed by atoms with Gasteiger partial charge in [-0.25, -0.2) is 0 Å². The van der Waals surface area contributed by atoms with Crippen molar-refractivity contribution in [1.29, 1.82) is 0 Å². The van der Waals surface area contributed by atoms with E-state index in [4.69, 9.17) is 0 Å². The van der Waals surface area contributed by atoms with E-state index >= 15 is 0 Å². The Labute approximate surface area is 94.7 Å². The van der Waals surface area contributed by atoms with Crippen molar-refractivity contribution in [2.45, 2.75) is 25.9 Å². The van der Waals surface area contributed by atoms with Crippen molar-refractivity contribution in [3.63, 3.8) is 0 Å². The van der Waals surface area contributed by atoms with Crippen molar-refractivity contribution in [2.75, 3.05) is 5.75 Å². The third kappa shape index (κ3) is 3.36. The van der Waals surface area contributed by atoms with Crippen LogP contribution in [0.4, 0.5) is 0 Å². The van der Waals surface area contributed by atoms with Gasteiger partial charge in [0.1, 0.15) is 0 Å². The number of aliphatic hydroxyl groups is 1. The molecule has 1 aromatic rings. The van der Waals surface area contributed by atoms with Crippen LogP contribution in [0.2, 0.25) is 0 Å². The molecule has 0 aliphatic carbocycles. The molecule has 0 heterocycles. The van der Waals surface area contributed by atoms with Crippen LogP contribution in [0.25, 0.3) is 0 Å². The van der Waals surface area contributed by atoms with E-state index in [0.717, 1.165) is 11.3 Å². The number of benzene rings is 1. The van der Waals surface area contributed by atoms with Gasteiger partial charge in [-0.05, 0) is 18.2 Å². The molecular formula is C12H16O2S. The minimum absolute atomic E-state index is 0.0405. The second kappa shape index (κ2) is 5.93. The lowest BCUT2D eigenvalue weighted by Gasteiger charge is -2.18. The third-order valence-corrected chi connectivity index (χ3v) is 3.01. The van der Waals surface area contributed by atoms with Gasteiger partial charge in [-0.3, -0.25) is 4.79 Å². The number of carbonyl (C=O) groups excluding carboxylic acids is 1. The number of thioether (sulfide) groups is 1. The van der Waals surface area contributed by atoms with E-state index in [2.05, 4.69) is 0 Å². The smallest absolute Gasteiger partial charge is 0.198 e. The van der Waals surface area contributed by atoms with Gasteiger partial charge in [0.15, 0.2) is 5.12 Å².